The second kappa shape index (κ2) is 8.78. The number of nitrogens with zero attached hydrogens (tertiary/aromatic N) is 4. The molecule has 1 aromatic heterocycles. The number of amides is 1. The number of piperidine rings is 2. The van der Waals surface area contributed by atoms with Crippen LogP contribution in [0.2, 0.25) is 0 Å². The lowest BCUT2D eigenvalue weighted by atomic mass is 9.95. The molecule has 3 heterocycles. The summed E-state index contributed by atoms with van der Waals surface area (Å²) in [6.07, 6.45) is 9.38. The Morgan fingerprint density at radius 2 is 1.62 bits per heavy atom. The summed E-state index contributed by atoms with van der Waals surface area (Å²) in [6.45, 7) is 4.52. The Morgan fingerprint density at radius 1 is 0.938 bits per heavy atom. The van der Waals surface area contributed by atoms with E-state index in [0.717, 1.165) is 55.6 Å². The fourth-order valence-corrected chi connectivity index (χ4v) is 7.34. The molecule has 3 fully saturated rings. The molecule has 2 aliphatic heterocycles. The SMILES string of the molecule is Cc1nc2cc(S(=O)(=O)N3CCC(C(=O)N4CCCCC4)CC3)ccc2n1C1CCCC1. The first-order chi connectivity index (χ1) is 15.4. The first-order valence-electron chi connectivity index (χ1n) is 12.2. The van der Waals surface area contributed by atoms with Gasteiger partial charge in [0.25, 0.3) is 0 Å². The van der Waals surface area contributed by atoms with Gasteiger partial charge in [0.2, 0.25) is 15.9 Å². The van der Waals surface area contributed by atoms with Crippen molar-refractivity contribution >= 4 is 27.0 Å². The van der Waals surface area contributed by atoms with Gasteiger partial charge in [0.15, 0.2) is 0 Å². The largest absolute Gasteiger partial charge is 0.342 e. The highest BCUT2D eigenvalue weighted by Gasteiger charge is 2.34. The first-order valence-corrected chi connectivity index (χ1v) is 13.7. The van der Waals surface area contributed by atoms with Crippen LogP contribution in [0.4, 0.5) is 0 Å². The highest BCUT2D eigenvalue weighted by atomic mass is 32.2. The zero-order valence-electron chi connectivity index (χ0n) is 19.0. The summed E-state index contributed by atoms with van der Waals surface area (Å²) < 4.78 is 30.5. The van der Waals surface area contributed by atoms with Gasteiger partial charge in [0.1, 0.15) is 5.82 Å². The van der Waals surface area contributed by atoms with Crippen molar-refractivity contribution in [2.75, 3.05) is 26.2 Å². The van der Waals surface area contributed by atoms with Crippen molar-refractivity contribution in [1.82, 2.24) is 18.8 Å². The van der Waals surface area contributed by atoms with Crippen LogP contribution in [0, 0.1) is 12.8 Å². The molecule has 5 rings (SSSR count). The Balaban J connectivity index is 1.31. The van der Waals surface area contributed by atoms with E-state index in [1.54, 1.807) is 16.4 Å². The highest BCUT2D eigenvalue weighted by Crippen LogP contribution is 2.34. The number of fused-ring (bicyclic) bond motifs is 1. The molecule has 3 aliphatic rings. The maximum atomic E-state index is 13.4. The molecule has 2 saturated heterocycles. The van der Waals surface area contributed by atoms with Crippen molar-refractivity contribution in [3.63, 3.8) is 0 Å². The molecule has 8 heteroatoms. The molecule has 1 amide bonds. The molecule has 1 aromatic carbocycles. The average molecular weight is 459 g/mol. The van der Waals surface area contributed by atoms with Gasteiger partial charge < -0.3 is 9.47 Å². The minimum absolute atomic E-state index is 0.0493. The molecular weight excluding hydrogens is 424 g/mol. The standard InChI is InChI=1S/C24H34N4O3S/c1-18-25-22-17-21(9-10-23(22)28(18)20-7-3-4-8-20)32(30,31)27-15-11-19(12-16-27)24(29)26-13-5-2-6-14-26/h9-10,17,19-20H,2-8,11-16H2,1H3. The van der Waals surface area contributed by atoms with Crippen LogP contribution in [-0.4, -0.2) is 59.3 Å². The zero-order chi connectivity index (χ0) is 22.3. The van der Waals surface area contributed by atoms with E-state index in [0.29, 0.717) is 36.9 Å². The Labute approximate surface area is 190 Å². The minimum Gasteiger partial charge on any atom is -0.342 e. The third-order valence-corrected chi connectivity index (χ3v) is 9.53. The number of carbonyl (C=O) groups is 1. The highest BCUT2D eigenvalue weighted by molar-refractivity contribution is 7.89. The summed E-state index contributed by atoms with van der Waals surface area (Å²) in [5.41, 5.74) is 1.78. The van der Waals surface area contributed by atoms with E-state index < -0.39 is 10.0 Å². The molecule has 0 radical (unpaired) electrons. The predicted molar refractivity (Wildman–Crippen MR) is 124 cm³/mol. The Morgan fingerprint density at radius 3 is 2.31 bits per heavy atom. The normalized spacial score (nSPS) is 22.1. The summed E-state index contributed by atoms with van der Waals surface area (Å²) in [4.78, 5) is 19.8. The van der Waals surface area contributed by atoms with Crippen molar-refractivity contribution in [3.8, 4) is 0 Å². The molecule has 174 valence electrons. The second-order valence-electron chi connectivity index (χ2n) is 9.68. The first kappa shape index (κ1) is 21.9. The van der Waals surface area contributed by atoms with E-state index in [4.69, 9.17) is 4.98 Å². The lowest BCUT2D eigenvalue weighted by molar-refractivity contribution is -0.137. The number of rotatable bonds is 4. The van der Waals surface area contributed by atoms with Gasteiger partial charge in [-0.2, -0.15) is 4.31 Å². The van der Waals surface area contributed by atoms with Gasteiger partial charge in [0, 0.05) is 38.1 Å². The number of benzene rings is 1. The number of aryl methyl sites for hydroxylation is 1. The van der Waals surface area contributed by atoms with Crippen molar-refractivity contribution in [2.24, 2.45) is 5.92 Å². The van der Waals surface area contributed by atoms with Crippen LogP contribution in [0.3, 0.4) is 0 Å². The third kappa shape index (κ3) is 3.96. The van der Waals surface area contributed by atoms with Gasteiger partial charge in [-0.15, -0.1) is 0 Å². The van der Waals surface area contributed by atoms with Gasteiger partial charge in [-0.25, -0.2) is 13.4 Å². The van der Waals surface area contributed by atoms with Gasteiger partial charge in [-0.05, 0) is 70.1 Å². The number of carbonyl (C=O) groups excluding carboxylic acids is 1. The van der Waals surface area contributed by atoms with Crippen LogP contribution in [0.1, 0.15) is 69.7 Å². The molecule has 1 saturated carbocycles. The third-order valence-electron chi connectivity index (χ3n) is 7.64. The summed E-state index contributed by atoms with van der Waals surface area (Å²) >= 11 is 0. The van der Waals surface area contributed by atoms with E-state index in [-0.39, 0.29) is 11.8 Å². The van der Waals surface area contributed by atoms with Crippen molar-refractivity contribution < 1.29 is 13.2 Å². The van der Waals surface area contributed by atoms with E-state index in [1.165, 1.54) is 19.3 Å². The van der Waals surface area contributed by atoms with Gasteiger partial charge in [0.05, 0.1) is 15.9 Å². The number of sulfonamides is 1. The van der Waals surface area contributed by atoms with Crippen molar-refractivity contribution in [3.05, 3.63) is 24.0 Å². The Kier molecular flexibility index (Phi) is 6.01. The predicted octanol–water partition coefficient (Wildman–Crippen LogP) is 3.87. The Bertz CT molecular complexity index is 1090. The molecule has 7 nitrogen and oxygen atoms in total. The van der Waals surface area contributed by atoms with Crippen LogP contribution in [0.15, 0.2) is 23.1 Å². The maximum absolute atomic E-state index is 13.4. The molecule has 0 bridgehead atoms. The fraction of sp³-hybridized carbons (Fsp3) is 0.667. The van der Waals surface area contributed by atoms with Gasteiger partial charge in [-0.3, -0.25) is 4.79 Å². The number of hydrogen-bond acceptors (Lipinski definition) is 4. The fourth-order valence-electron chi connectivity index (χ4n) is 5.85. The lowest BCUT2D eigenvalue weighted by Crippen LogP contribution is -2.45. The number of likely N-dealkylation sites (tertiary alicyclic amines) is 1. The monoisotopic (exact) mass is 458 g/mol. The van der Waals surface area contributed by atoms with E-state index in [9.17, 15) is 13.2 Å². The van der Waals surface area contributed by atoms with E-state index in [2.05, 4.69) is 4.57 Å². The number of aromatic nitrogens is 2. The maximum Gasteiger partial charge on any atom is 0.243 e. The van der Waals surface area contributed by atoms with Crippen molar-refractivity contribution in [2.45, 2.75) is 75.6 Å². The quantitative estimate of drug-likeness (QED) is 0.697. The summed E-state index contributed by atoms with van der Waals surface area (Å²) in [7, 11) is -3.59. The zero-order valence-corrected chi connectivity index (χ0v) is 19.8. The van der Waals surface area contributed by atoms with Crippen LogP contribution < -0.4 is 0 Å². The summed E-state index contributed by atoms with van der Waals surface area (Å²) in [5.74, 6) is 1.13. The molecule has 0 spiro atoms. The molecule has 0 unspecified atom stereocenters. The molecule has 32 heavy (non-hydrogen) atoms. The van der Waals surface area contributed by atoms with Crippen LogP contribution in [0.5, 0.6) is 0 Å². The summed E-state index contributed by atoms with van der Waals surface area (Å²) in [5, 5.41) is 0. The molecular formula is C24H34N4O3S. The van der Waals surface area contributed by atoms with Gasteiger partial charge in [-0.1, -0.05) is 12.8 Å². The lowest BCUT2D eigenvalue weighted by Gasteiger charge is -2.35. The number of hydrogen-bond donors (Lipinski definition) is 0. The smallest absolute Gasteiger partial charge is 0.243 e. The van der Waals surface area contributed by atoms with E-state index in [1.807, 2.05) is 17.9 Å². The van der Waals surface area contributed by atoms with E-state index >= 15 is 0 Å². The Hall–Kier alpha value is -1.93. The van der Waals surface area contributed by atoms with Crippen LogP contribution in [0.25, 0.3) is 11.0 Å². The topological polar surface area (TPSA) is 75.5 Å². The van der Waals surface area contributed by atoms with Crippen LogP contribution in [-0.2, 0) is 14.8 Å². The molecule has 0 atom stereocenters. The summed E-state index contributed by atoms with van der Waals surface area (Å²) in [6, 6.07) is 5.86. The molecule has 2 aromatic rings. The van der Waals surface area contributed by atoms with Gasteiger partial charge >= 0.3 is 0 Å². The van der Waals surface area contributed by atoms with Crippen molar-refractivity contribution in [1.29, 1.82) is 0 Å². The second-order valence-corrected chi connectivity index (χ2v) is 11.6. The number of imidazole rings is 1. The molecule has 1 aliphatic carbocycles. The van der Waals surface area contributed by atoms with Crippen LogP contribution >= 0.6 is 0 Å². The molecule has 0 N–H and O–H groups in total. The average Bonchev–Trinajstić information content (AvgIpc) is 3.45. The minimum atomic E-state index is -3.59.